The van der Waals surface area contributed by atoms with Gasteiger partial charge in [0.25, 0.3) is 0 Å². The highest BCUT2D eigenvalue weighted by Gasteiger charge is 2.08. The largest absolute Gasteiger partial charge is 0.383 e. The Labute approximate surface area is 96.1 Å². The molecule has 0 aromatic carbocycles. The third-order valence-corrected chi connectivity index (χ3v) is 2.15. The molecule has 7 N–H and O–H groups in total. The molecule has 0 aliphatic heterocycles. The van der Waals surface area contributed by atoms with Crippen LogP contribution in [0.1, 0.15) is 0 Å². The predicted octanol–water partition coefficient (Wildman–Crippen LogP) is 0.226. The summed E-state index contributed by atoms with van der Waals surface area (Å²) in [4.78, 5) is 10.9. The lowest BCUT2D eigenvalue weighted by Crippen LogP contribution is -2.18. The van der Waals surface area contributed by atoms with Crippen LogP contribution in [0.25, 0.3) is 11.0 Å². The summed E-state index contributed by atoms with van der Waals surface area (Å²) in [5, 5.41) is 5.48. The van der Waals surface area contributed by atoms with Crippen molar-refractivity contribution in [1.82, 2.24) is 20.3 Å². The molecule has 7 nitrogen and oxygen atoms in total. The summed E-state index contributed by atoms with van der Waals surface area (Å²) in [6.45, 7) is 0. The molecule has 0 saturated heterocycles. The van der Waals surface area contributed by atoms with E-state index in [0.717, 1.165) is 0 Å². The molecule has 2 heterocycles. The first kappa shape index (κ1) is 11.0. The van der Waals surface area contributed by atoms with Gasteiger partial charge in [-0.15, -0.1) is 0 Å². The fraction of sp³-hybridized carbons (Fsp3) is 0.111. The summed E-state index contributed by atoms with van der Waals surface area (Å²) in [5.41, 5.74) is 11.7. The van der Waals surface area contributed by atoms with Gasteiger partial charge in [0.1, 0.15) is 11.5 Å². The third kappa shape index (κ3) is 2.05. The van der Waals surface area contributed by atoms with Crippen LogP contribution in [-0.2, 0) is 0 Å². The average Bonchev–Trinajstić information content (AvgIpc) is 2.76. The van der Waals surface area contributed by atoms with E-state index in [2.05, 4.69) is 25.6 Å². The Kier molecular flexibility index (Phi) is 2.69. The second-order valence-corrected chi connectivity index (χ2v) is 3.28. The minimum Gasteiger partial charge on any atom is -0.383 e. The minimum atomic E-state index is -0.696. The zero-order valence-electron chi connectivity index (χ0n) is 9.08. The van der Waals surface area contributed by atoms with E-state index in [1.807, 2.05) is 0 Å². The van der Waals surface area contributed by atoms with E-state index in [1.165, 1.54) is 7.05 Å². The lowest BCUT2D eigenvalue weighted by Gasteiger charge is -2.07. The van der Waals surface area contributed by atoms with Gasteiger partial charge in [-0.2, -0.15) is 14.4 Å². The SMILES string of the molecule is CN/C(F)=C(\N)Nc1nc(N)c2cc[nH]c2n1. The lowest BCUT2D eigenvalue weighted by atomic mass is 10.4. The molecule has 2 rings (SSSR count). The Hall–Kier alpha value is -2.51. The fourth-order valence-electron chi connectivity index (χ4n) is 1.33. The van der Waals surface area contributed by atoms with E-state index in [4.69, 9.17) is 11.5 Å². The highest BCUT2D eigenvalue weighted by atomic mass is 19.1. The number of halogens is 1. The van der Waals surface area contributed by atoms with Gasteiger partial charge in [0, 0.05) is 13.2 Å². The first-order chi connectivity index (χ1) is 8.11. The molecule has 2 aromatic rings. The van der Waals surface area contributed by atoms with Gasteiger partial charge < -0.3 is 27.1 Å². The second kappa shape index (κ2) is 4.16. The lowest BCUT2D eigenvalue weighted by molar-refractivity contribution is 0.560. The molecule has 0 unspecified atom stereocenters. The number of nitrogens with two attached hydrogens (primary N) is 2. The predicted molar refractivity (Wildman–Crippen MR) is 63.3 cm³/mol. The molecule has 90 valence electrons. The van der Waals surface area contributed by atoms with Crippen LogP contribution in [0.2, 0.25) is 0 Å². The van der Waals surface area contributed by atoms with E-state index >= 15 is 0 Å². The second-order valence-electron chi connectivity index (χ2n) is 3.28. The Balaban J connectivity index is 2.37. The van der Waals surface area contributed by atoms with Gasteiger partial charge in [-0.3, -0.25) is 0 Å². The molecule has 0 radical (unpaired) electrons. The van der Waals surface area contributed by atoms with Crippen LogP contribution in [0.15, 0.2) is 24.0 Å². The number of H-pyrrole nitrogens is 1. The van der Waals surface area contributed by atoms with Gasteiger partial charge in [0.05, 0.1) is 5.39 Å². The summed E-state index contributed by atoms with van der Waals surface area (Å²) in [6.07, 6.45) is 1.69. The van der Waals surface area contributed by atoms with Crippen molar-refractivity contribution in [2.45, 2.75) is 0 Å². The van der Waals surface area contributed by atoms with Crippen LogP contribution in [0.5, 0.6) is 0 Å². The monoisotopic (exact) mass is 237 g/mol. The highest BCUT2D eigenvalue weighted by Crippen LogP contribution is 2.18. The molecule has 0 spiro atoms. The van der Waals surface area contributed by atoms with E-state index in [1.54, 1.807) is 12.3 Å². The Morgan fingerprint density at radius 3 is 2.94 bits per heavy atom. The Morgan fingerprint density at radius 2 is 2.24 bits per heavy atom. The quantitative estimate of drug-likeness (QED) is 0.488. The van der Waals surface area contributed by atoms with Crippen molar-refractivity contribution in [3.05, 3.63) is 24.0 Å². The number of rotatable bonds is 3. The van der Waals surface area contributed by atoms with Crippen LogP contribution in [0.3, 0.4) is 0 Å². The number of nitrogens with zero attached hydrogens (tertiary/aromatic N) is 2. The van der Waals surface area contributed by atoms with Crippen molar-refractivity contribution < 1.29 is 4.39 Å². The van der Waals surface area contributed by atoms with Crippen molar-refractivity contribution in [3.63, 3.8) is 0 Å². The summed E-state index contributed by atoms with van der Waals surface area (Å²) in [6, 6.07) is 1.75. The van der Waals surface area contributed by atoms with Gasteiger partial charge in [-0.05, 0) is 6.07 Å². The van der Waals surface area contributed by atoms with Crippen molar-refractivity contribution >= 4 is 22.8 Å². The molecule has 0 aliphatic rings. The number of aromatic amines is 1. The highest BCUT2D eigenvalue weighted by molar-refractivity contribution is 5.86. The van der Waals surface area contributed by atoms with Gasteiger partial charge in [0.15, 0.2) is 5.82 Å². The zero-order valence-corrected chi connectivity index (χ0v) is 9.08. The molecule has 0 aliphatic carbocycles. The van der Waals surface area contributed by atoms with Crippen LogP contribution in [-0.4, -0.2) is 22.0 Å². The molecule has 0 amide bonds. The van der Waals surface area contributed by atoms with Crippen LogP contribution in [0, 0.1) is 0 Å². The first-order valence-corrected chi connectivity index (χ1v) is 4.82. The average molecular weight is 237 g/mol. The summed E-state index contributed by atoms with van der Waals surface area (Å²) in [5.74, 6) is -0.492. The number of nitrogen functional groups attached to an aromatic ring is 1. The molecular weight excluding hydrogens is 225 g/mol. The van der Waals surface area contributed by atoms with E-state index in [-0.39, 0.29) is 17.6 Å². The van der Waals surface area contributed by atoms with Gasteiger partial charge in [-0.1, -0.05) is 0 Å². The van der Waals surface area contributed by atoms with Crippen molar-refractivity contribution in [2.75, 3.05) is 18.1 Å². The smallest absolute Gasteiger partial charge is 0.232 e. The summed E-state index contributed by atoms with van der Waals surface area (Å²) in [7, 11) is 1.41. The molecule has 2 aromatic heterocycles. The van der Waals surface area contributed by atoms with Crippen LogP contribution >= 0.6 is 0 Å². The van der Waals surface area contributed by atoms with Crippen LogP contribution < -0.4 is 22.1 Å². The maximum atomic E-state index is 13.1. The normalized spacial score (nSPS) is 12.4. The van der Waals surface area contributed by atoms with Gasteiger partial charge >= 0.3 is 0 Å². The zero-order chi connectivity index (χ0) is 12.4. The molecule has 0 bridgehead atoms. The maximum Gasteiger partial charge on any atom is 0.232 e. The molecule has 17 heavy (non-hydrogen) atoms. The number of fused-ring (bicyclic) bond motifs is 1. The molecular formula is C9H12FN7. The molecule has 0 saturated carbocycles. The third-order valence-electron chi connectivity index (χ3n) is 2.15. The van der Waals surface area contributed by atoms with E-state index in [9.17, 15) is 4.39 Å². The van der Waals surface area contributed by atoms with Gasteiger partial charge in [0.2, 0.25) is 11.9 Å². The van der Waals surface area contributed by atoms with Crippen molar-refractivity contribution in [1.29, 1.82) is 0 Å². The van der Waals surface area contributed by atoms with Crippen molar-refractivity contribution in [3.8, 4) is 0 Å². The number of hydrogen-bond acceptors (Lipinski definition) is 6. The summed E-state index contributed by atoms with van der Waals surface area (Å²) < 4.78 is 13.1. The minimum absolute atomic E-state index is 0.125. The number of nitrogens with one attached hydrogen (secondary N) is 3. The Bertz CT molecular complexity index is 574. The Morgan fingerprint density at radius 1 is 1.47 bits per heavy atom. The summed E-state index contributed by atoms with van der Waals surface area (Å²) >= 11 is 0. The first-order valence-electron chi connectivity index (χ1n) is 4.82. The fourth-order valence-corrected chi connectivity index (χ4v) is 1.33. The molecule has 0 atom stereocenters. The van der Waals surface area contributed by atoms with Crippen LogP contribution in [0.4, 0.5) is 16.2 Å². The number of aromatic nitrogens is 3. The van der Waals surface area contributed by atoms with E-state index < -0.39 is 5.95 Å². The van der Waals surface area contributed by atoms with Crippen molar-refractivity contribution in [2.24, 2.45) is 5.73 Å². The van der Waals surface area contributed by atoms with Gasteiger partial charge in [-0.25, -0.2) is 0 Å². The standard InChI is InChI=1S/C9H12FN7/c1-13-5(10)7(12)16-9-15-6(11)4-2-3-14-8(4)17-9/h2-3,13H,12H2,1H3,(H4,11,14,15,16,17)/b7-5+. The molecule has 8 heteroatoms. The molecule has 0 fully saturated rings. The van der Waals surface area contributed by atoms with E-state index in [0.29, 0.717) is 11.0 Å². The number of hydrogen-bond donors (Lipinski definition) is 5. The maximum absolute atomic E-state index is 13.1. The topological polar surface area (TPSA) is 118 Å². The number of anilines is 2.